The summed E-state index contributed by atoms with van der Waals surface area (Å²) in [6, 6.07) is 4.36. The highest BCUT2D eigenvalue weighted by Gasteiger charge is 2.64. The van der Waals surface area contributed by atoms with E-state index in [1.165, 1.54) is 6.07 Å². The maximum Gasteiger partial charge on any atom is 0.490 e. The SMILES string of the molecule is O=C(O)C(F)(F)F.O=C(O)c1cccc(CN2CCCC2CC2(C(F)(F)F)N=N2)c1Cl. The van der Waals surface area contributed by atoms with Crippen molar-refractivity contribution in [2.24, 2.45) is 10.2 Å². The minimum atomic E-state index is -5.08. The number of likely N-dealkylation sites (tertiary alicyclic amines) is 1. The van der Waals surface area contributed by atoms with Gasteiger partial charge in [0.05, 0.1) is 10.6 Å². The molecule has 2 heterocycles. The second kappa shape index (κ2) is 8.99. The Labute approximate surface area is 176 Å². The number of aromatic carboxylic acids is 1. The number of carboxylic acid groups (broad SMARTS) is 2. The van der Waals surface area contributed by atoms with Crippen molar-refractivity contribution in [2.45, 2.75) is 49.9 Å². The van der Waals surface area contributed by atoms with E-state index in [9.17, 15) is 31.1 Å². The summed E-state index contributed by atoms with van der Waals surface area (Å²) in [6.45, 7) is 0.935. The quantitative estimate of drug-likeness (QED) is 0.598. The van der Waals surface area contributed by atoms with Gasteiger partial charge in [-0.3, -0.25) is 4.90 Å². The number of nitrogens with zero attached hydrogens (tertiary/aromatic N) is 3. The van der Waals surface area contributed by atoms with Gasteiger partial charge in [-0.1, -0.05) is 23.7 Å². The van der Waals surface area contributed by atoms with Gasteiger partial charge in [-0.2, -0.15) is 26.3 Å². The molecule has 0 spiro atoms. The summed E-state index contributed by atoms with van der Waals surface area (Å²) >= 11 is 6.12. The standard InChI is InChI=1S/C15H15ClF3N3O2.C2HF3O2/c16-12-9(3-1-5-11(12)13(23)24)8-22-6-2-4-10(22)7-14(20-21-14)15(17,18)19;3-2(4,5)1(6)7/h1,3,5,10H,2,4,6-8H2,(H,23,24);(H,6,7). The van der Waals surface area contributed by atoms with Crippen molar-refractivity contribution in [2.75, 3.05) is 6.54 Å². The van der Waals surface area contributed by atoms with Crippen LogP contribution >= 0.6 is 11.6 Å². The number of halogens is 7. The van der Waals surface area contributed by atoms with Gasteiger partial charge in [-0.25, -0.2) is 9.59 Å². The molecule has 0 aromatic heterocycles. The Morgan fingerprint density at radius 1 is 1.16 bits per heavy atom. The number of carboxylic acids is 2. The third-order valence-corrected chi connectivity index (χ3v) is 5.19. The summed E-state index contributed by atoms with van der Waals surface area (Å²) < 4.78 is 70.8. The van der Waals surface area contributed by atoms with Crippen molar-refractivity contribution in [3.63, 3.8) is 0 Å². The molecule has 172 valence electrons. The van der Waals surface area contributed by atoms with E-state index >= 15 is 0 Å². The lowest BCUT2D eigenvalue weighted by Crippen LogP contribution is -2.40. The van der Waals surface area contributed by atoms with E-state index in [0.29, 0.717) is 25.1 Å². The molecule has 1 aromatic carbocycles. The highest BCUT2D eigenvalue weighted by molar-refractivity contribution is 6.34. The molecule has 1 atom stereocenters. The van der Waals surface area contributed by atoms with Gasteiger partial charge in [0.25, 0.3) is 5.66 Å². The van der Waals surface area contributed by atoms with E-state index in [1.54, 1.807) is 12.1 Å². The molecule has 0 amide bonds. The summed E-state index contributed by atoms with van der Waals surface area (Å²) in [6.07, 6.45) is -8.36. The van der Waals surface area contributed by atoms with E-state index in [2.05, 4.69) is 10.2 Å². The first-order valence-corrected chi connectivity index (χ1v) is 9.11. The lowest BCUT2D eigenvalue weighted by Gasteiger charge is -2.27. The molecule has 2 N–H and O–H groups in total. The van der Waals surface area contributed by atoms with Crippen LogP contribution in [0.1, 0.15) is 35.2 Å². The van der Waals surface area contributed by atoms with Crippen molar-refractivity contribution < 1.29 is 46.1 Å². The summed E-state index contributed by atoms with van der Waals surface area (Å²) in [4.78, 5) is 21.9. The maximum atomic E-state index is 13.0. The molecule has 1 aromatic rings. The van der Waals surface area contributed by atoms with Crippen molar-refractivity contribution in [3.8, 4) is 0 Å². The number of hydrogen-bond acceptors (Lipinski definition) is 5. The van der Waals surface area contributed by atoms with Crippen LogP contribution in [0.25, 0.3) is 0 Å². The Balaban J connectivity index is 0.000000423. The number of benzene rings is 1. The van der Waals surface area contributed by atoms with E-state index in [0.717, 1.165) is 6.42 Å². The Hall–Kier alpha value is -2.41. The number of aliphatic carboxylic acids is 1. The van der Waals surface area contributed by atoms with Gasteiger partial charge in [0.2, 0.25) is 0 Å². The Morgan fingerprint density at radius 2 is 1.74 bits per heavy atom. The molecule has 7 nitrogen and oxygen atoms in total. The summed E-state index contributed by atoms with van der Waals surface area (Å²) in [7, 11) is 0. The molecule has 1 unspecified atom stereocenters. The van der Waals surface area contributed by atoms with E-state index in [-0.39, 0.29) is 23.0 Å². The highest BCUT2D eigenvalue weighted by Crippen LogP contribution is 2.49. The first-order valence-electron chi connectivity index (χ1n) is 8.73. The van der Waals surface area contributed by atoms with Crippen LogP contribution in [0.5, 0.6) is 0 Å². The third kappa shape index (κ3) is 6.06. The molecule has 3 rings (SSSR count). The van der Waals surface area contributed by atoms with Gasteiger partial charge in [0.1, 0.15) is 0 Å². The van der Waals surface area contributed by atoms with Crippen LogP contribution < -0.4 is 0 Å². The number of rotatable bonds is 5. The fourth-order valence-corrected chi connectivity index (χ4v) is 3.39. The number of carbonyl (C=O) groups is 2. The Morgan fingerprint density at radius 3 is 2.19 bits per heavy atom. The van der Waals surface area contributed by atoms with Crippen molar-refractivity contribution in [3.05, 3.63) is 34.3 Å². The number of hydrogen-bond donors (Lipinski definition) is 2. The molecule has 14 heteroatoms. The minimum absolute atomic E-state index is 0.0103. The zero-order valence-electron chi connectivity index (χ0n) is 15.5. The smallest absolute Gasteiger partial charge is 0.478 e. The van der Waals surface area contributed by atoms with E-state index in [4.69, 9.17) is 26.6 Å². The van der Waals surface area contributed by atoms with Crippen LogP contribution in [0.2, 0.25) is 5.02 Å². The van der Waals surface area contributed by atoms with Gasteiger partial charge in [-0.05, 0) is 31.0 Å². The molecule has 2 aliphatic rings. The van der Waals surface area contributed by atoms with E-state index in [1.807, 2.05) is 4.90 Å². The van der Waals surface area contributed by atoms with E-state index < -0.39 is 30.0 Å². The summed E-state index contributed by atoms with van der Waals surface area (Å²) in [5.41, 5.74) is -1.68. The zero-order valence-corrected chi connectivity index (χ0v) is 16.3. The molecule has 1 saturated heterocycles. The maximum absolute atomic E-state index is 13.0. The van der Waals surface area contributed by atoms with Crippen LogP contribution in [0.4, 0.5) is 26.3 Å². The average Bonchev–Trinajstić information content (AvgIpc) is 3.30. The molecule has 1 fully saturated rings. The fourth-order valence-electron chi connectivity index (χ4n) is 3.12. The van der Waals surface area contributed by atoms with Crippen LogP contribution in [-0.2, 0) is 11.3 Å². The predicted molar refractivity (Wildman–Crippen MR) is 93.8 cm³/mol. The van der Waals surface area contributed by atoms with Gasteiger partial charge in [0.15, 0.2) is 0 Å². The molecular formula is C17H16ClF6N3O4. The zero-order chi connectivity index (χ0) is 23.6. The second-order valence-electron chi connectivity index (χ2n) is 6.87. The summed E-state index contributed by atoms with van der Waals surface area (Å²) in [5, 5.41) is 22.8. The van der Waals surface area contributed by atoms with Crippen LogP contribution in [0, 0.1) is 0 Å². The molecule has 2 aliphatic heterocycles. The first-order chi connectivity index (χ1) is 14.2. The predicted octanol–water partition coefficient (Wildman–Crippen LogP) is 4.75. The molecule has 0 radical (unpaired) electrons. The van der Waals surface area contributed by atoms with Crippen LogP contribution in [0.15, 0.2) is 28.4 Å². The molecule has 0 saturated carbocycles. The van der Waals surface area contributed by atoms with Gasteiger partial charge in [0, 0.05) is 19.0 Å². The largest absolute Gasteiger partial charge is 0.490 e. The average molecular weight is 476 g/mol. The van der Waals surface area contributed by atoms with Crippen molar-refractivity contribution in [1.29, 1.82) is 0 Å². The normalized spacial score (nSPS) is 20.2. The third-order valence-electron chi connectivity index (χ3n) is 4.74. The van der Waals surface area contributed by atoms with Gasteiger partial charge in [-0.15, -0.1) is 10.2 Å². The van der Waals surface area contributed by atoms with Crippen molar-refractivity contribution in [1.82, 2.24) is 4.90 Å². The molecule has 0 aliphatic carbocycles. The van der Waals surface area contributed by atoms with Gasteiger partial charge >= 0.3 is 24.3 Å². The lowest BCUT2D eigenvalue weighted by molar-refractivity contribution is -0.192. The Kier molecular flexibility index (Phi) is 7.21. The monoisotopic (exact) mass is 475 g/mol. The van der Waals surface area contributed by atoms with Crippen molar-refractivity contribution >= 4 is 23.5 Å². The topological polar surface area (TPSA) is 103 Å². The summed E-state index contributed by atoms with van der Waals surface area (Å²) in [5.74, 6) is -3.89. The Bertz CT molecular complexity index is 868. The minimum Gasteiger partial charge on any atom is -0.478 e. The highest BCUT2D eigenvalue weighted by atomic mass is 35.5. The molecular weight excluding hydrogens is 460 g/mol. The number of alkyl halides is 6. The van der Waals surface area contributed by atoms with Crippen LogP contribution in [0.3, 0.4) is 0 Å². The van der Waals surface area contributed by atoms with Gasteiger partial charge < -0.3 is 10.2 Å². The van der Waals surface area contributed by atoms with Crippen LogP contribution in [-0.4, -0.2) is 57.7 Å². The fraction of sp³-hybridized carbons (Fsp3) is 0.529. The first kappa shape index (κ1) is 24.9. The lowest BCUT2D eigenvalue weighted by atomic mass is 10.0. The molecule has 0 bridgehead atoms. The molecule has 31 heavy (non-hydrogen) atoms. The second-order valence-corrected chi connectivity index (χ2v) is 7.25.